The maximum atomic E-state index is 16.2. The van der Waals surface area contributed by atoms with Crippen LogP contribution in [0.3, 0.4) is 0 Å². The molecular weight excluding hydrogens is 696 g/mol. The van der Waals surface area contributed by atoms with Crippen molar-refractivity contribution in [3.8, 4) is 11.1 Å². The number of aromatic nitrogens is 8. The number of nitrogens with zero attached hydrogens (tertiary/aromatic N) is 10. The summed E-state index contributed by atoms with van der Waals surface area (Å²) in [4.78, 5) is 21.7. The maximum absolute atomic E-state index is 16.2. The Labute approximate surface area is 303 Å². The Kier molecular flexibility index (Phi) is 10.8. The van der Waals surface area contributed by atoms with Crippen LogP contribution in [0.25, 0.3) is 11.1 Å². The van der Waals surface area contributed by atoms with E-state index >= 15 is 8.78 Å². The molecule has 53 heavy (non-hydrogen) atoms. The van der Waals surface area contributed by atoms with Gasteiger partial charge in [0, 0.05) is 61.3 Å². The first-order valence-electron chi connectivity index (χ1n) is 17.4. The van der Waals surface area contributed by atoms with Crippen molar-refractivity contribution < 1.29 is 27.8 Å². The molecule has 2 aromatic carbocycles. The lowest BCUT2D eigenvalue weighted by Gasteiger charge is -2.41. The quantitative estimate of drug-likeness (QED) is 0.169. The summed E-state index contributed by atoms with van der Waals surface area (Å²) in [6.07, 6.45) is 3.68. The van der Waals surface area contributed by atoms with E-state index in [2.05, 4.69) is 42.3 Å². The molecule has 0 bridgehead atoms. The van der Waals surface area contributed by atoms with Gasteiger partial charge >= 0.3 is 11.6 Å². The highest BCUT2D eigenvalue weighted by Crippen LogP contribution is 2.47. The van der Waals surface area contributed by atoms with Crippen LogP contribution in [0.4, 0.5) is 23.2 Å². The number of hydrogen-bond donors (Lipinski definition) is 2. The number of aliphatic hydroxyl groups is 2. The van der Waals surface area contributed by atoms with Gasteiger partial charge in [0.2, 0.25) is 0 Å². The van der Waals surface area contributed by atoms with Gasteiger partial charge in [0.1, 0.15) is 30.0 Å². The van der Waals surface area contributed by atoms with E-state index in [9.17, 15) is 23.8 Å². The molecule has 0 radical (unpaired) electrons. The van der Waals surface area contributed by atoms with Gasteiger partial charge in [-0.3, -0.25) is 14.5 Å². The molecule has 2 N–H and O–H groups in total. The zero-order chi connectivity index (χ0) is 38.1. The number of alkyl halides is 2. The molecule has 1 saturated heterocycles. The van der Waals surface area contributed by atoms with E-state index in [1.54, 1.807) is 17.8 Å². The summed E-state index contributed by atoms with van der Waals surface area (Å²) in [5.41, 5.74) is -2.89. The lowest BCUT2D eigenvalue weighted by atomic mass is 9.84. The summed E-state index contributed by atoms with van der Waals surface area (Å²) in [6.45, 7) is 9.75. The minimum absolute atomic E-state index is 0.0506. The number of benzene rings is 2. The average Bonchev–Trinajstić information content (AvgIpc) is 3.80. The molecule has 0 saturated carbocycles. The summed E-state index contributed by atoms with van der Waals surface area (Å²) >= 11 is 0. The highest BCUT2D eigenvalue weighted by molar-refractivity contribution is 5.66. The van der Waals surface area contributed by atoms with Crippen LogP contribution in [0.1, 0.15) is 57.5 Å². The van der Waals surface area contributed by atoms with Crippen molar-refractivity contribution >= 4 is 5.69 Å². The number of hydrogen-bond acceptors (Lipinski definition) is 10. The Hall–Kier alpha value is -5.00. The number of pyridine rings is 1. The molecule has 5 atom stereocenters. The van der Waals surface area contributed by atoms with Crippen molar-refractivity contribution in [2.45, 2.75) is 76.4 Å². The molecule has 1 aliphatic rings. The Balaban J connectivity index is 1.12. The van der Waals surface area contributed by atoms with E-state index in [1.807, 2.05) is 38.1 Å². The van der Waals surface area contributed by atoms with Gasteiger partial charge in [-0.15, -0.1) is 5.10 Å². The number of aliphatic hydroxyl groups excluding tert-OH is 1. The van der Waals surface area contributed by atoms with Crippen molar-refractivity contribution in [3.63, 3.8) is 0 Å². The molecule has 1 aliphatic heterocycles. The summed E-state index contributed by atoms with van der Waals surface area (Å²) in [5, 5.41) is 36.2. The van der Waals surface area contributed by atoms with E-state index < -0.39 is 47.1 Å². The first-order valence-corrected chi connectivity index (χ1v) is 17.4. The van der Waals surface area contributed by atoms with Gasteiger partial charge in [0.05, 0.1) is 24.7 Å². The molecular formula is C36H42F4N10O3. The van der Waals surface area contributed by atoms with E-state index in [0.717, 1.165) is 66.6 Å². The zero-order valence-electron chi connectivity index (χ0n) is 29.8. The second kappa shape index (κ2) is 15.2. The number of rotatable bonds is 13. The number of halogens is 4. The molecule has 5 aromatic rings. The summed E-state index contributed by atoms with van der Waals surface area (Å²) in [6, 6.07) is 11.6. The van der Waals surface area contributed by atoms with Gasteiger partial charge in [-0.05, 0) is 73.5 Å². The van der Waals surface area contributed by atoms with Gasteiger partial charge in [-0.2, -0.15) is 13.9 Å². The summed E-state index contributed by atoms with van der Waals surface area (Å²) in [7, 11) is 0. The third kappa shape index (κ3) is 7.32. The van der Waals surface area contributed by atoms with Crippen molar-refractivity contribution in [2.75, 3.05) is 31.1 Å². The molecule has 0 spiro atoms. The summed E-state index contributed by atoms with van der Waals surface area (Å²) < 4.78 is 64.7. The first kappa shape index (κ1) is 37.7. The fraction of sp³-hybridized carbons (Fsp3) is 0.444. The molecule has 4 heterocycles. The van der Waals surface area contributed by atoms with Crippen LogP contribution in [0.15, 0.2) is 78.2 Å². The second-order valence-electron chi connectivity index (χ2n) is 13.5. The smallest absolute Gasteiger partial charge is 0.346 e. The largest absolute Gasteiger partial charge is 0.391 e. The van der Waals surface area contributed by atoms with Gasteiger partial charge in [0.25, 0.3) is 0 Å². The SMILES string of the molecule is CC[C@@H]([C@H](C)O)n1ncn(C(C)[C@H](C)N2CCN(c3ccc(-c4ccc(C(F)(F)C(O)(Cn5cnnn5)c5ccc(F)cc5F)nc4)cc3)CC2)c1=O. The molecule has 2 unspecified atom stereocenters. The van der Waals surface area contributed by atoms with Crippen LogP contribution < -0.4 is 10.6 Å². The maximum Gasteiger partial charge on any atom is 0.346 e. The second-order valence-corrected chi connectivity index (χ2v) is 13.5. The molecule has 282 valence electrons. The lowest BCUT2D eigenvalue weighted by molar-refractivity contribution is -0.207. The molecule has 6 rings (SSSR count). The Morgan fingerprint density at radius 3 is 2.19 bits per heavy atom. The summed E-state index contributed by atoms with van der Waals surface area (Å²) in [5.74, 6) is -6.51. The number of piperazine rings is 1. The van der Waals surface area contributed by atoms with Crippen LogP contribution in [-0.4, -0.2) is 93.0 Å². The molecule has 17 heteroatoms. The van der Waals surface area contributed by atoms with Gasteiger partial charge < -0.3 is 15.1 Å². The Morgan fingerprint density at radius 2 is 1.60 bits per heavy atom. The van der Waals surface area contributed by atoms with Crippen LogP contribution in [0.2, 0.25) is 0 Å². The van der Waals surface area contributed by atoms with Crippen LogP contribution in [0, 0.1) is 11.6 Å². The standard InChI is InChI=1S/C36H42F4N10O3/c1-5-32(25(4)51)50-34(52)49(22-43-50)24(3)23(2)46-14-16-47(17-15-46)29-10-6-26(7-11-29)27-8-13-33(41-19-27)36(39,40)35(53,20-48-21-42-44-45-48)30-12-9-28(37)18-31(30)38/h6-13,18-19,21-25,32,51,53H,5,14-17,20H2,1-4H3/t23-,24?,25-,32-,35?/m0/s1. The third-order valence-electron chi connectivity index (χ3n) is 10.4. The van der Waals surface area contributed by atoms with Crippen LogP contribution >= 0.6 is 0 Å². The normalized spacial score (nSPS) is 17.7. The minimum atomic E-state index is -4.16. The number of anilines is 1. The minimum Gasteiger partial charge on any atom is -0.391 e. The van der Waals surface area contributed by atoms with E-state index in [0.29, 0.717) is 18.1 Å². The van der Waals surface area contributed by atoms with Crippen molar-refractivity contribution in [1.29, 1.82) is 0 Å². The topological polar surface area (TPSA) is 143 Å². The van der Waals surface area contributed by atoms with Crippen LogP contribution in [-0.2, 0) is 18.1 Å². The highest BCUT2D eigenvalue weighted by Gasteiger charge is 2.58. The molecule has 1 fully saturated rings. The van der Waals surface area contributed by atoms with Gasteiger partial charge in [-0.1, -0.05) is 25.1 Å². The Bertz CT molecular complexity index is 2030. The fourth-order valence-electron chi connectivity index (χ4n) is 6.97. The highest BCUT2D eigenvalue weighted by atomic mass is 19.3. The number of tetrazole rings is 1. The average molecular weight is 739 g/mol. The molecule has 13 nitrogen and oxygen atoms in total. The van der Waals surface area contributed by atoms with Crippen molar-refractivity contribution in [1.82, 2.24) is 44.4 Å². The monoisotopic (exact) mass is 738 g/mol. The van der Waals surface area contributed by atoms with E-state index in [4.69, 9.17) is 0 Å². The van der Waals surface area contributed by atoms with E-state index in [1.165, 1.54) is 16.9 Å². The van der Waals surface area contributed by atoms with Crippen molar-refractivity contribution in [2.24, 2.45) is 0 Å². The van der Waals surface area contributed by atoms with Gasteiger partial charge in [0.15, 0.2) is 5.60 Å². The Morgan fingerprint density at radius 1 is 0.906 bits per heavy atom. The molecule has 0 amide bonds. The third-order valence-corrected chi connectivity index (χ3v) is 10.4. The molecule has 3 aromatic heterocycles. The van der Waals surface area contributed by atoms with E-state index in [-0.39, 0.29) is 23.8 Å². The van der Waals surface area contributed by atoms with Gasteiger partial charge in [-0.25, -0.2) is 22.9 Å². The predicted molar refractivity (Wildman–Crippen MR) is 187 cm³/mol. The zero-order valence-corrected chi connectivity index (χ0v) is 29.8. The lowest BCUT2D eigenvalue weighted by Crippen LogP contribution is -2.52. The first-order chi connectivity index (χ1) is 25.2. The van der Waals surface area contributed by atoms with Crippen molar-refractivity contribution in [3.05, 3.63) is 107 Å². The van der Waals surface area contributed by atoms with Crippen LogP contribution in [0.5, 0.6) is 0 Å². The molecule has 0 aliphatic carbocycles. The fourth-order valence-corrected chi connectivity index (χ4v) is 6.97. The predicted octanol–water partition coefficient (Wildman–Crippen LogP) is 4.15.